The van der Waals surface area contributed by atoms with Crippen LogP contribution in [0.2, 0.25) is 0 Å². The van der Waals surface area contributed by atoms with Gasteiger partial charge in [-0.1, -0.05) is 30.3 Å². The second kappa shape index (κ2) is 10.7. The number of piperidine rings is 1. The molecule has 1 fully saturated rings. The fourth-order valence-corrected chi connectivity index (χ4v) is 3.86. The monoisotopic (exact) mass is 417 g/mol. The van der Waals surface area contributed by atoms with E-state index in [1.54, 1.807) is 12.5 Å². The molecule has 2 N–H and O–H groups in total. The molecule has 0 bridgehead atoms. The molecule has 0 saturated carbocycles. The molecular formula is C24H31N7. The van der Waals surface area contributed by atoms with E-state index in [2.05, 4.69) is 68.8 Å². The zero-order valence-electron chi connectivity index (χ0n) is 18.1. The van der Waals surface area contributed by atoms with Crippen LogP contribution in [0.25, 0.3) is 5.82 Å². The van der Waals surface area contributed by atoms with E-state index in [4.69, 9.17) is 4.99 Å². The number of guanidine groups is 1. The fourth-order valence-electron chi connectivity index (χ4n) is 3.86. The van der Waals surface area contributed by atoms with Gasteiger partial charge in [-0.2, -0.15) is 0 Å². The minimum Gasteiger partial charge on any atom is -0.357 e. The predicted octanol–water partition coefficient (Wildman–Crippen LogP) is 2.99. The van der Waals surface area contributed by atoms with Gasteiger partial charge in [0.15, 0.2) is 5.96 Å². The second-order valence-corrected chi connectivity index (χ2v) is 7.87. The number of benzene rings is 1. The van der Waals surface area contributed by atoms with Gasteiger partial charge in [0.05, 0.1) is 6.54 Å². The first-order valence-corrected chi connectivity index (χ1v) is 11.0. The Morgan fingerprint density at radius 2 is 1.94 bits per heavy atom. The minimum atomic E-state index is 0.448. The molecule has 1 aliphatic heterocycles. The molecule has 3 heterocycles. The third-order valence-electron chi connectivity index (χ3n) is 5.52. The summed E-state index contributed by atoms with van der Waals surface area (Å²) < 4.78 is 1.90. The molecule has 7 nitrogen and oxygen atoms in total. The first-order valence-electron chi connectivity index (χ1n) is 11.0. The van der Waals surface area contributed by atoms with Crippen LogP contribution < -0.4 is 10.6 Å². The maximum Gasteiger partial charge on any atom is 0.191 e. The van der Waals surface area contributed by atoms with Crippen molar-refractivity contribution in [3.63, 3.8) is 0 Å². The minimum absolute atomic E-state index is 0.448. The summed E-state index contributed by atoms with van der Waals surface area (Å²) in [6, 6.07) is 15.2. The molecule has 1 saturated heterocycles. The molecule has 1 aliphatic rings. The van der Waals surface area contributed by atoms with Gasteiger partial charge in [0, 0.05) is 50.8 Å². The molecule has 0 spiro atoms. The van der Waals surface area contributed by atoms with Gasteiger partial charge in [-0.15, -0.1) is 0 Å². The lowest BCUT2D eigenvalue weighted by Crippen LogP contribution is -2.48. The van der Waals surface area contributed by atoms with Crippen LogP contribution in [0.1, 0.15) is 30.9 Å². The van der Waals surface area contributed by atoms with Gasteiger partial charge in [0.2, 0.25) is 0 Å². The zero-order chi connectivity index (χ0) is 21.3. The average Bonchev–Trinajstić information content (AvgIpc) is 3.35. The third-order valence-corrected chi connectivity index (χ3v) is 5.52. The van der Waals surface area contributed by atoms with E-state index in [9.17, 15) is 0 Å². The van der Waals surface area contributed by atoms with Crippen LogP contribution >= 0.6 is 0 Å². The van der Waals surface area contributed by atoms with Crippen LogP contribution in [0.5, 0.6) is 0 Å². The Balaban J connectivity index is 1.31. The first-order chi connectivity index (χ1) is 15.3. The number of pyridine rings is 1. The highest BCUT2D eigenvalue weighted by atomic mass is 15.2. The van der Waals surface area contributed by atoms with E-state index in [1.807, 2.05) is 23.0 Å². The second-order valence-electron chi connectivity index (χ2n) is 7.87. The van der Waals surface area contributed by atoms with Crippen LogP contribution in [-0.4, -0.2) is 51.1 Å². The molecule has 2 aromatic heterocycles. The van der Waals surface area contributed by atoms with Crippen molar-refractivity contribution in [3.05, 3.63) is 78.5 Å². The first kappa shape index (κ1) is 21.1. The molecule has 7 heteroatoms. The number of rotatable bonds is 7. The van der Waals surface area contributed by atoms with E-state index in [0.717, 1.165) is 56.4 Å². The van der Waals surface area contributed by atoms with Crippen molar-refractivity contribution in [2.75, 3.05) is 19.6 Å². The van der Waals surface area contributed by atoms with E-state index >= 15 is 0 Å². The van der Waals surface area contributed by atoms with Crippen molar-refractivity contribution >= 4 is 5.96 Å². The highest BCUT2D eigenvalue weighted by molar-refractivity contribution is 5.80. The van der Waals surface area contributed by atoms with Gasteiger partial charge in [0.25, 0.3) is 0 Å². The Hall–Kier alpha value is -3.19. The lowest BCUT2D eigenvalue weighted by molar-refractivity contribution is 0.198. The van der Waals surface area contributed by atoms with Crippen molar-refractivity contribution in [1.82, 2.24) is 30.1 Å². The molecular weight excluding hydrogens is 386 g/mol. The van der Waals surface area contributed by atoms with Crippen molar-refractivity contribution in [2.45, 2.75) is 38.9 Å². The lowest BCUT2D eigenvalue weighted by Gasteiger charge is -2.33. The highest BCUT2D eigenvalue weighted by Gasteiger charge is 2.20. The van der Waals surface area contributed by atoms with Crippen LogP contribution in [0.3, 0.4) is 0 Å². The number of aromatic nitrogens is 3. The summed E-state index contributed by atoms with van der Waals surface area (Å²) in [4.78, 5) is 15.9. The molecule has 0 radical (unpaired) electrons. The maximum atomic E-state index is 4.82. The Morgan fingerprint density at radius 3 is 2.68 bits per heavy atom. The fraction of sp³-hybridized carbons (Fsp3) is 0.375. The van der Waals surface area contributed by atoms with Crippen molar-refractivity contribution < 1.29 is 0 Å². The van der Waals surface area contributed by atoms with Crippen molar-refractivity contribution in [3.8, 4) is 5.82 Å². The summed E-state index contributed by atoms with van der Waals surface area (Å²) >= 11 is 0. The van der Waals surface area contributed by atoms with E-state index in [-0.39, 0.29) is 0 Å². The van der Waals surface area contributed by atoms with E-state index in [0.29, 0.717) is 12.6 Å². The SMILES string of the molecule is CCNC(=NCc1ccnc(-n2ccnc2)c1)NC1CCN(Cc2ccccc2)CC1. The van der Waals surface area contributed by atoms with E-state index in [1.165, 1.54) is 5.56 Å². The number of hydrogen-bond acceptors (Lipinski definition) is 4. The van der Waals surface area contributed by atoms with Crippen LogP contribution in [0.4, 0.5) is 0 Å². The summed E-state index contributed by atoms with van der Waals surface area (Å²) in [6.07, 6.45) is 9.47. The largest absolute Gasteiger partial charge is 0.357 e. The van der Waals surface area contributed by atoms with Crippen LogP contribution in [-0.2, 0) is 13.1 Å². The molecule has 31 heavy (non-hydrogen) atoms. The van der Waals surface area contributed by atoms with Crippen LogP contribution in [0.15, 0.2) is 72.4 Å². The Bertz CT molecular complexity index is 945. The molecule has 3 aromatic rings. The smallest absolute Gasteiger partial charge is 0.191 e. The highest BCUT2D eigenvalue weighted by Crippen LogP contribution is 2.14. The Labute approximate surface area is 184 Å². The molecule has 4 rings (SSSR count). The number of aliphatic imine (C=N–C) groups is 1. The quantitative estimate of drug-likeness (QED) is 0.457. The maximum absolute atomic E-state index is 4.82. The summed E-state index contributed by atoms with van der Waals surface area (Å²) in [5.74, 6) is 1.74. The molecule has 1 aromatic carbocycles. The third kappa shape index (κ3) is 6.15. The molecule has 0 atom stereocenters. The zero-order valence-corrected chi connectivity index (χ0v) is 18.1. The summed E-state index contributed by atoms with van der Waals surface area (Å²) in [5, 5.41) is 7.02. The van der Waals surface area contributed by atoms with Crippen molar-refractivity contribution in [2.24, 2.45) is 4.99 Å². The van der Waals surface area contributed by atoms with Gasteiger partial charge in [0.1, 0.15) is 12.1 Å². The number of nitrogens with zero attached hydrogens (tertiary/aromatic N) is 5. The van der Waals surface area contributed by atoms with E-state index < -0.39 is 0 Å². The Kier molecular flexibility index (Phi) is 7.28. The average molecular weight is 418 g/mol. The van der Waals surface area contributed by atoms with Gasteiger partial charge in [-0.25, -0.2) is 15.0 Å². The number of hydrogen-bond donors (Lipinski definition) is 2. The van der Waals surface area contributed by atoms with Gasteiger partial charge < -0.3 is 10.6 Å². The Morgan fingerprint density at radius 1 is 1.10 bits per heavy atom. The molecule has 162 valence electrons. The normalized spacial score (nSPS) is 15.7. The summed E-state index contributed by atoms with van der Waals surface area (Å²) in [5.41, 5.74) is 2.50. The topological polar surface area (TPSA) is 70.4 Å². The summed E-state index contributed by atoms with van der Waals surface area (Å²) in [6.45, 7) is 6.78. The molecule has 0 aliphatic carbocycles. The standard InChI is InChI=1S/C24H31N7/c1-2-26-24(28-17-21-8-11-27-23(16-21)31-15-12-25-19-31)29-22-9-13-30(14-10-22)18-20-6-4-3-5-7-20/h3-8,11-12,15-16,19,22H,2,9-10,13-14,17-18H2,1H3,(H2,26,28,29). The number of likely N-dealkylation sites (tertiary alicyclic amines) is 1. The van der Waals surface area contributed by atoms with Crippen molar-refractivity contribution in [1.29, 1.82) is 0 Å². The van der Waals surface area contributed by atoms with Gasteiger partial charge >= 0.3 is 0 Å². The van der Waals surface area contributed by atoms with Crippen LogP contribution in [0, 0.1) is 0 Å². The number of imidazole rings is 1. The predicted molar refractivity (Wildman–Crippen MR) is 124 cm³/mol. The lowest BCUT2D eigenvalue weighted by atomic mass is 10.0. The molecule has 0 unspecified atom stereocenters. The number of nitrogens with one attached hydrogen (secondary N) is 2. The van der Waals surface area contributed by atoms with Gasteiger partial charge in [-0.3, -0.25) is 9.47 Å². The van der Waals surface area contributed by atoms with Gasteiger partial charge in [-0.05, 0) is 43.0 Å². The summed E-state index contributed by atoms with van der Waals surface area (Å²) in [7, 11) is 0. The molecule has 0 amide bonds.